The third kappa shape index (κ3) is 11.4. The highest BCUT2D eigenvalue weighted by Crippen LogP contribution is 2.36. The second kappa shape index (κ2) is 15.4. The lowest BCUT2D eigenvalue weighted by Crippen LogP contribution is -2.25. The predicted molar refractivity (Wildman–Crippen MR) is 107 cm³/mol. The van der Waals surface area contributed by atoms with Gasteiger partial charge in [-0.25, -0.2) is 0 Å². The third-order valence-corrected chi connectivity index (χ3v) is 5.49. The number of carbonyl (C=O) groups is 1. The maximum absolute atomic E-state index is 11.4. The highest BCUT2D eigenvalue weighted by atomic mass is 16.3. The van der Waals surface area contributed by atoms with Crippen LogP contribution in [0, 0.1) is 11.8 Å². The van der Waals surface area contributed by atoms with Gasteiger partial charge in [-0.2, -0.15) is 0 Å². The quantitative estimate of drug-likeness (QED) is 0.307. The standard InChI is InChI=1S/C22H41NO2/c1-2-3-4-5-6-9-13-20-15-12-16-21(20)14-10-7-8-11-17-22(25)23-18-19-24/h9,13,20-21,24H,2-8,10-12,14-19H2,1H3,(H,23,25)/b13-9+. The lowest BCUT2D eigenvalue weighted by Gasteiger charge is -2.16. The van der Waals surface area contributed by atoms with Crippen LogP contribution in [-0.4, -0.2) is 24.2 Å². The van der Waals surface area contributed by atoms with E-state index in [9.17, 15) is 4.79 Å². The van der Waals surface area contributed by atoms with E-state index in [4.69, 9.17) is 5.11 Å². The van der Waals surface area contributed by atoms with Crippen LogP contribution in [0.3, 0.4) is 0 Å². The van der Waals surface area contributed by atoms with Crippen molar-refractivity contribution in [1.29, 1.82) is 0 Å². The number of nitrogens with one attached hydrogen (secondary N) is 1. The third-order valence-electron chi connectivity index (χ3n) is 5.49. The average molecular weight is 352 g/mol. The molecule has 0 aromatic carbocycles. The van der Waals surface area contributed by atoms with Crippen LogP contribution in [0.25, 0.3) is 0 Å². The van der Waals surface area contributed by atoms with Gasteiger partial charge in [0.2, 0.25) is 5.91 Å². The van der Waals surface area contributed by atoms with Gasteiger partial charge in [0.05, 0.1) is 6.61 Å². The van der Waals surface area contributed by atoms with E-state index in [0.29, 0.717) is 13.0 Å². The van der Waals surface area contributed by atoms with E-state index in [-0.39, 0.29) is 12.5 Å². The first-order valence-electron chi connectivity index (χ1n) is 10.8. The largest absolute Gasteiger partial charge is 0.395 e. The summed E-state index contributed by atoms with van der Waals surface area (Å²) in [5, 5.41) is 11.4. The number of hydrogen-bond donors (Lipinski definition) is 2. The van der Waals surface area contributed by atoms with Gasteiger partial charge in [0.25, 0.3) is 0 Å². The van der Waals surface area contributed by atoms with Crippen LogP contribution < -0.4 is 5.32 Å². The van der Waals surface area contributed by atoms with Crippen LogP contribution in [0.4, 0.5) is 0 Å². The number of unbranched alkanes of at least 4 members (excludes halogenated alkanes) is 7. The topological polar surface area (TPSA) is 49.3 Å². The lowest BCUT2D eigenvalue weighted by atomic mass is 9.90. The van der Waals surface area contributed by atoms with Crippen LogP contribution in [0.15, 0.2) is 12.2 Å². The molecule has 0 spiro atoms. The normalized spacial score (nSPS) is 20.4. The molecule has 25 heavy (non-hydrogen) atoms. The maximum atomic E-state index is 11.4. The van der Waals surface area contributed by atoms with Gasteiger partial charge in [-0.1, -0.05) is 64.0 Å². The number of hydrogen-bond acceptors (Lipinski definition) is 2. The van der Waals surface area contributed by atoms with E-state index < -0.39 is 0 Å². The molecule has 0 aliphatic heterocycles. The smallest absolute Gasteiger partial charge is 0.220 e. The van der Waals surface area contributed by atoms with Crippen molar-refractivity contribution < 1.29 is 9.90 Å². The van der Waals surface area contributed by atoms with Crippen LogP contribution in [0.2, 0.25) is 0 Å². The van der Waals surface area contributed by atoms with Crippen molar-refractivity contribution in [2.24, 2.45) is 11.8 Å². The summed E-state index contributed by atoms with van der Waals surface area (Å²) < 4.78 is 0. The number of allylic oxidation sites excluding steroid dienone is 2. The van der Waals surface area contributed by atoms with Crippen molar-refractivity contribution in [2.45, 2.75) is 96.8 Å². The molecule has 3 heteroatoms. The molecule has 2 N–H and O–H groups in total. The summed E-state index contributed by atoms with van der Waals surface area (Å²) in [5.74, 6) is 1.81. The molecule has 1 aliphatic carbocycles. The second-order valence-corrected chi connectivity index (χ2v) is 7.66. The summed E-state index contributed by atoms with van der Waals surface area (Å²) in [4.78, 5) is 11.4. The summed E-state index contributed by atoms with van der Waals surface area (Å²) in [6.45, 7) is 2.68. The molecule has 1 fully saturated rings. The minimum Gasteiger partial charge on any atom is -0.395 e. The molecule has 2 atom stereocenters. The van der Waals surface area contributed by atoms with Crippen molar-refractivity contribution >= 4 is 5.91 Å². The van der Waals surface area contributed by atoms with Gasteiger partial charge in [0.15, 0.2) is 0 Å². The minimum atomic E-state index is 0.0292. The molecule has 2 unspecified atom stereocenters. The molecular formula is C22H41NO2. The number of carbonyl (C=O) groups excluding carboxylic acids is 1. The molecule has 146 valence electrons. The Morgan fingerprint density at radius 2 is 1.88 bits per heavy atom. The zero-order valence-corrected chi connectivity index (χ0v) is 16.5. The molecule has 0 bridgehead atoms. The Kier molecular flexibility index (Phi) is 13.7. The Hall–Kier alpha value is -0.830. The molecule has 0 heterocycles. The Morgan fingerprint density at radius 1 is 1.08 bits per heavy atom. The second-order valence-electron chi connectivity index (χ2n) is 7.66. The highest BCUT2D eigenvalue weighted by Gasteiger charge is 2.24. The van der Waals surface area contributed by atoms with E-state index in [1.54, 1.807) is 0 Å². The van der Waals surface area contributed by atoms with Crippen LogP contribution >= 0.6 is 0 Å². The molecule has 0 radical (unpaired) electrons. The first-order valence-corrected chi connectivity index (χ1v) is 10.8. The number of amides is 1. The van der Waals surface area contributed by atoms with Gasteiger partial charge in [0.1, 0.15) is 0 Å². The number of aliphatic hydroxyl groups is 1. The fourth-order valence-corrected chi connectivity index (χ4v) is 3.97. The van der Waals surface area contributed by atoms with Gasteiger partial charge in [-0.05, 0) is 50.4 Å². The van der Waals surface area contributed by atoms with Crippen molar-refractivity contribution in [1.82, 2.24) is 5.32 Å². The SMILES string of the molecule is CCCCCC/C=C/C1CCCC1CCCCCCC(=O)NCCO. The fraction of sp³-hybridized carbons (Fsp3) is 0.864. The van der Waals surface area contributed by atoms with Crippen LogP contribution in [0.1, 0.15) is 96.8 Å². The number of aliphatic hydroxyl groups excluding tert-OH is 1. The molecule has 0 aromatic heterocycles. The minimum absolute atomic E-state index is 0.0292. The molecule has 1 aliphatic rings. The first-order chi connectivity index (χ1) is 12.3. The average Bonchev–Trinajstić information content (AvgIpc) is 3.06. The molecule has 1 amide bonds. The monoisotopic (exact) mass is 351 g/mol. The van der Waals surface area contributed by atoms with Crippen LogP contribution in [0.5, 0.6) is 0 Å². The zero-order valence-electron chi connectivity index (χ0n) is 16.5. The summed E-state index contributed by atoms with van der Waals surface area (Å²) in [5.41, 5.74) is 0. The van der Waals surface area contributed by atoms with Gasteiger partial charge < -0.3 is 10.4 Å². The summed E-state index contributed by atoms with van der Waals surface area (Å²) in [6, 6.07) is 0. The van der Waals surface area contributed by atoms with Crippen molar-refractivity contribution in [3.8, 4) is 0 Å². The Morgan fingerprint density at radius 3 is 2.68 bits per heavy atom. The molecule has 0 aromatic rings. The zero-order chi connectivity index (χ0) is 18.2. The molecule has 1 rings (SSSR count). The van der Waals surface area contributed by atoms with E-state index in [2.05, 4.69) is 24.4 Å². The van der Waals surface area contributed by atoms with Crippen LogP contribution in [-0.2, 0) is 4.79 Å². The molecular weight excluding hydrogens is 310 g/mol. The van der Waals surface area contributed by atoms with E-state index >= 15 is 0 Å². The fourth-order valence-electron chi connectivity index (χ4n) is 3.97. The number of rotatable bonds is 15. The summed E-state index contributed by atoms with van der Waals surface area (Å²) in [6.07, 6.45) is 22.5. The molecule has 3 nitrogen and oxygen atoms in total. The Balaban J connectivity index is 2.03. The van der Waals surface area contributed by atoms with Gasteiger partial charge in [0, 0.05) is 13.0 Å². The van der Waals surface area contributed by atoms with Gasteiger partial charge >= 0.3 is 0 Å². The summed E-state index contributed by atoms with van der Waals surface area (Å²) >= 11 is 0. The lowest BCUT2D eigenvalue weighted by molar-refractivity contribution is -0.121. The summed E-state index contributed by atoms with van der Waals surface area (Å²) in [7, 11) is 0. The first kappa shape index (κ1) is 22.2. The Bertz CT molecular complexity index is 354. The van der Waals surface area contributed by atoms with E-state index in [1.165, 1.54) is 70.6 Å². The Labute approximate surface area is 155 Å². The van der Waals surface area contributed by atoms with Gasteiger partial charge in [-0.15, -0.1) is 0 Å². The predicted octanol–water partition coefficient (Wildman–Crippen LogP) is 5.38. The molecule has 1 saturated carbocycles. The van der Waals surface area contributed by atoms with E-state index in [0.717, 1.165) is 24.7 Å². The maximum Gasteiger partial charge on any atom is 0.220 e. The molecule has 0 saturated heterocycles. The van der Waals surface area contributed by atoms with Crippen molar-refractivity contribution in [3.63, 3.8) is 0 Å². The van der Waals surface area contributed by atoms with Gasteiger partial charge in [-0.3, -0.25) is 4.79 Å². The highest BCUT2D eigenvalue weighted by molar-refractivity contribution is 5.75. The van der Waals surface area contributed by atoms with Crippen molar-refractivity contribution in [2.75, 3.05) is 13.2 Å². The van der Waals surface area contributed by atoms with Crippen molar-refractivity contribution in [3.05, 3.63) is 12.2 Å². The van der Waals surface area contributed by atoms with E-state index in [1.807, 2.05) is 0 Å².